The maximum absolute atomic E-state index is 12.2. The Bertz CT molecular complexity index is 694. The summed E-state index contributed by atoms with van der Waals surface area (Å²) in [6.07, 6.45) is 2.10. The molecule has 30 heavy (non-hydrogen) atoms. The molecule has 2 saturated heterocycles. The highest BCUT2D eigenvalue weighted by Crippen LogP contribution is 2.17. The Morgan fingerprint density at radius 3 is 2.73 bits per heavy atom. The van der Waals surface area contributed by atoms with Crippen LogP contribution in [0.1, 0.15) is 42.6 Å². The molecular weight excluding hydrogens is 493 g/mol. The van der Waals surface area contributed by atoms with Crippen molar-refractivity contribution in [3.63, 3.8) is 0 Å². The number of hydrogen-bond donors (Lipinski definition) is 2. The van der Waals surface area contributed by atoms with E-state index in [1.165, 1.54) is 0 Å². The molecule has 0 aliphatic carbocycles. The molecule has 3 rings (SSSR count). The number of ether oxygens (including phenoxy) is 1. The lowest BCUT2D eigenvalue weighted by Gasteiger charge is -2.32. The number of hydrogen-bond acceptors (Lipinski definition) is 4. The molecule has 7 nitrogen and oxygen atoms in total. The van der Waals surface area contributed by atoms with E-state index in [1.807, 2.05) is 24.3 Å². The van der Waals surface area contributed by atoms with Crippen LogP contribution in [0, 0.1) is 0 Å². The van der Waals surface area contributed by atoms with E-state index in [0.29, 0.717) is 24.7 Å². The zero-order valence-corrected chi connectivity index (χ0v) is 20.6. The van der Waals surface area contributed by atoms with Crippen LogP contribution >= 0.6 is 24.0 Å². The number of amides is 1. The van der Waals surface area contributed by atoms with E-state index in [0.717, 1.165) is 70.3 Å². The zero-order valence-electron chi connectivity index (χ0n) is 18.2. The van der Waals surface area contributed by atoms with Crippen molar-refractivity contribution in [3.8, 4) is 0 Å². The van der Waals surface area contributed by atoms with Gasteiger partial charge in [0.1, 0.15) is 0 Å². The third-order valence-electron chi connectivity index (χ3n) is 5.50. The van der Waals surface area contributed by atoms with Gasteiger partial charge in [-0.25, -0.2) is 4.99 Å². The van der Waals surface area contributed by atoms with E-state index in [1.54, 1.807) is 0 Å². The summed E-state index contributed by atoms with van der Waals surface area (Å²) in [6.45, 7) is 12.0. The topological polar surface area (TPSA) is 69.2 Å². The van der Waals surface area contributed by atoms with E-state index in [2.05, 4.69) is 34.3 Å². The Morgan fingerprint density at radius 2 is 2.00 bits per heavy atom. The summed E-state index contributed by atoms with van der Waals surface area (Å²) < 4.78 is 5.49. The standard InChI is InChI=1S/C22H35N5O2.HI/c1-3-9-24-21(28)19-7-5-6-18(15-19)16-25-22(23-4-2)27-10-8-20(17-27)26-11-13-29-14-12-26;/h5-7,15,20H,3-4,8-14,16-17H2,1-2H3,(H,23,25)(H,24,28);1H. The molecule has 1 aromatic carbocycles. The number of carbonyl (C=O) groups excluding carboxylic acids is 1. The van der Waals surface area contributed by atoms with Gasteiger partial charge < -0.3 is 20.3 Å². The molecule has 0 saturated carbocycles. The highest BCUT2D eigenvalue weighted by Gasteiger charge is 2.30. The molecule has 2 aliphatic rings. The van der Waals surface area contributed by atoms with Gasteiger partial charge in [0, 0.05) is 50.9 Å². The maximum atomic E-state index is 12.2. The van der Waals surface area contributed by atoms with Gasteiger partial charge in [-0.05, 0) is 37.5 Å². The highest BCUT2D eigenvalue weighted by molar-refractivity contribution is 14.0. The lowest BCUT2D eigenvalue weighted by molar-refractivity contribution is 0.0195. The Kier molecular flexibility index (Phi) is 10.9. The Hall–Kier alpha value is -1.39. The third kappa shape index (κ3) is 7.09. The monoisotopic (exact) mass is 529 g/mol. The lowest BCUT2D eigenvalue weighted by Crippen LogP contribution is -2.46. The molecule has 2 N–H and O–H groups in total. The van der Waals surface area contributed by atoms with Crippen molar-refractivity contribution in [1.82, 2.24) is 20.4 Å². The van der Waals surface area contributed by atoms with Gasteiger partial charge in [-0.2, -0.15) is 0 Å². The van der Waals surface area contributed by atoms with E-state index >= 15 is 0 Å². The molecular formula is C22H36IN5O2. The molecule has 0 radical (unpaired) electrons. The molecule has 1 aromatic rings. The van der Waals surface area contributed by atoms with Crippen molar-refractivity contribution < 1.29 is 9.53 Å². The van der Waals surface area contributed by atoms with Crippen molar-refractivity contribution in [2.45, 2.75) is 39.3 Å². The molecule has 2 fully saturated rings. The Morgan fingerprint density at radius 1 is 1.20 bits per heavy atom. The SMILES string of the molecule is CCCNC(=O)c1cccc(CN=C(NCC)N2CCC(N3CCOCC3)C2)c1.I. The Labute approximate surface area is 197 Å². The summed E-state index contributed by atoms with van der Waals surface area (Å²) in [6, 6.07) is 8.34. The minimum atomic E-state index is -0.0162. The van der Waals surface area contributed by atoms with Gasteiger partial charge in [0.2, 0.25) is 0 Å². The van der Waals surface area contributed by atoms with Crippen LogP contribution in [-0.4, -0.2) is 80.2 Å². The first-order valence-electron chi connectivity index (χ1n) is 10.9. The number of nitrogens with one attached hydrogen (secondary N) is 2. The van der Waals surface area contributed by atoms with Crippen LogP contribution < -0.4 is 10.6 Å². The average molecular weight is 529 g/mol. The van der Waals surface area contributed by atoms with Gasteiger partial charge in [0.15, 0.2) is 5.96 Å². The molecule has 0 aromatic heterocycles. The van der Waals surface area contributed by atoms with Gasteiger partial charge in [-0.3, -0.25) is 9.69 Å². The van der Waals surface area contributed by atoms with Crippen LogP contribution in [0.5, 0.6) is 0 Å². The molecule has 2 aliphatic heterocycles. The Balaban J connectivity index is 0.00000320. The average Bonchev–Trinajstić information content (AvgIpc) is 3.26. The number of aliphatic imine (C=N–C) groups is 1. The highest BCUT2D eigenvalue weighted by atomic mass is 127. The quantitative estimate of drug-likeness (QED) is 0.323. The fourth-order valence-corrected chi connectivity index (χ4v) is 3.92. The van der Waals surface area contributed by atoms with Gasteiger partial charge >= 0.3 is 0 Å². The summed E-state index contributed by atoms with van der Waals surface area (Å²) in [5.74, 6) is 0.946. The zero-order chi connectivity index (χ0) is 20.5. The van der Waals surface area contributed by atoms with Crippen LogP contribution in [0.15, 0.2) is 29.3 Å². The second kappa shape index (κ2) is 13.1. The summed E-state index contributed by atoms with van der Waals surface area (Å²) in [7, 11) is 0. The first-order chi connectivity index (χ1) is 14.2. The number of carbonyl (C=O) groups is 1. The van der Waals surface area contributed by atoms with Crippen LogP contribution in [-0.2, 0) is 11.3 Å². The van der Waals surface area contributed by atoms with Crippen molar-refractivity contribution >= 4 is 35.8 Å². The van der Waals surface area contributed by atoms with Crippen LogP contribution in [0.3, 0.4) is 0 Å². The summed E-state index contributed by atoms with van der Waals surface area (Å²) >= 11 is 0. The molecule has 2 heterocycles. The largest absolute Gasteiger partial charge is 0.379 e. The summed E-state index contributed by atoms with van der Waals surface area (Å²) in [5.41, 5.74) is 1.75. The van der Waals surface area contributed by atoms with Crippen molar-refractivity contribution in [2.75, 3.05) is 52.5 Å². The van der Waals surface area contributed by atoms with Gasteiger partial charge in [0.25, 0.3) is 5.91 Å². The molecule has 0 bridgehead atoms. The third-order valence-corrected chi connectivity index (χ3v) is 5.50. The summed E-state index contributed by atoms with van der Waals surface area (Å²) in [4.78, 5) is 22.0. The van der Waals surface area contributed by atoms with Gasteiger partial charge in [-0.15, -0.1) is 24.0 Å². The molecule has 1 atom stereocenters. The number of guanidine groups is 1. The lowest BCUT2D eigenvalue weighted by atomic mass is 10.1. The van der Waals surface area contributed by atoms with Crippen molar-refractivity contribution in [2.24, 2.45) is 4.99 Å². The molecule has 8 heteroatoms. The van der Waals surface area contributed by atoms with Crippen molar-refractivity contribution in [1.29, 1.82) is 0 Å². The minimum absolute atomic E-state index is 0. The van der Waals surface area contributed by atoms with E-state index in [4.69, 9.17) is 9.73 Å². The predicted octanol–water partition coefficient (Wildman–Crippen LogP) is 2.32. The van der Waals surface area contributed by atoms with Gasteiger partial charge in [0.05, 0.1) is 19.8 Å². The minimum Gasteiger partial charge on any atom is -0.379 e. The number of likely N-dealkylation sites (tertiary alicyclic amines) is 1. The number of rotatable bonds is 7. The normalized spacial score (nSPS) is 20.0. The smallest absolute Gasteiger partial charge is 0.251 e. The first-order valence-corrected chi connectivity index (χ1v) is 10.9. The molecule has 168 valence electrons. The van der Waals surface area contributed by atoms with Crippen LogP contribution in [0.25, 0.3) is 0 Å². The van der Waals surface area contributed by atoms with Crippen LogP contribution in [0.4, 0.5) is 0 Å². The van der Waals surface area contributed by atoms with E-state index < -0.39 is 0 Å². The van der Waals surface area contributed by atoms with Gasteiger partial charge in [-0.1, -0.05) is 19.1 Å². The van der Waals surface area contributed by atoms with Crippen molar-refractivity contribution in [3.05, 3.63) is 35.4 Å². The molecule has 1 amide bonds. The molecule has 0 spiro atoms. The summed E-state index contributed by atoms with van der Waals surface area (Å²) in [5, 5.41) is 6.37. The predicted molar refractivity (Wildman–Crippen MR) is 132 cm³/mol. The molecule has 1 unspecified atom stereocenters. The number of nitrogens with zero attached hydrogens (tertiary/aromatic N) is 3. The number of morpholine rings is 1. The van der Waals surface area contributed by atoms with Crippen LogP contribution in [0.2, 0.25) is 0 Å². The number of halogens is 1. The van der Waals surface area contributed by atoms with E-state index in [9.17, 15) is 4.79 Å². The second-order valence-corrected chi connectivity index (χ2v) is 7.66. The fourth-order valence-electron chi connectivity index (χ4n) is 3.92. The second-order valence-electron chi connectivity index (χ2n) is 7.66. The van der Waals surface area contributed by atoms with E-state index in [-0.39, 0.29) is 29.9 Å². The first kappa shape index (κ1) is 24.9. The number of benzene rings is 1. The fraction of sp³-hybridized carbons (Fsp3) is 0.636. The maximum Gasteiger partial charge on any atom is 0.251 e.